The van der Waals surface area contributed by atoms with Crippen LogP contribution in [-0.4, -0.2) is 41.3 Å². The number of aromatic carboxylic acids is 1. The fourth-order valence-corrected chi connectivity index (χ4v) is 2.34. The van der Waals surface area contributed by atoms with Gasteiger partial charge in [-0.2, -0.15) is 22.0 Å². The van der Waals surface area contributed by atoms with Gasteiger partial charge in [0.1, 0.15) is 5.82 Å². The highest BCUT2D eigenvalue weighted by Crippen LogP contribution is 2.39. The van der Waals surface area contributed by atoms with E-state index in [9.17, 15) is 45.1 Å². The molecule has 2 amide bonds. The summed E-state index contributed by atoms with van der Waals surface area (Å²) in [6, 6.07) is 3.88. The van der Waals surface area contributed by atoms with E-state index in [1.165, 1.54) is 0 Å². The number of hydrogen-bond acceptors (Lipinski definition) is 4. The number of carboxylic acids is 1. The number of hydrogen-bond donors (Lipinski definition) is 3. The second-order valence-corrected chi connectivity index (χ2v) is 6.09. The number of carbonyl (C=O) groups excluding carboxylic acids is 2. The molecule has 0 radical (unpaired) electrons. The first kappa shape index (κ1) is 24.4. The maximum atomic E-state index is 13.6. The van der Waals surface area contributed by atoms with Crippen LogP contribution in [0.2, 0.25) is 0 Å². The average molecular weight is 468 g/mol. The summed E-state index contributed by atoms with van der Waals surface area (Å²) in [7, 11) is 0. The molecule has 172 valence electrons. The SMILES string of the molecule is NC(=O)c1cc(C(=O)O)ccc1C(=O)Nc1ccc(F)cc1OC(F)(F)C(F)C(F)(F)F. The first-order valence-corrected chi connectivity index (χ1v) is 8.19. The minimum atomic E-state index is -6.01. The number of amides is 2. The van der Waals surface area contributed by atoms with E-state index in [-0.39, 0.29) is 6.07 Å². The molecule has 1 unspecified atom stereocenters. The van der Waals surface area contributed by atoms with Gasteiger partial charge in [0.25, 0.3) is 12.1 Å². The number of nitrogens with two attached hydrogens (primary N) is 1. The molecule has 0 bridgehead atoms. The van der Waals surface area contributed by atoms with Gasteiger partial charge in [0.2, 0.25) is 5.91 Å². The predicted molar refractivity (Wildman–Crippen MR) is 92.8 cm³/mol. The lowest BCUT2D eigenvalue weighted by molar-refractivity contribution is -0.304. The van der Waals surface area contributed by atoms with Crippen LogP contribution >= 0.6 is 0 Å². The number of carbonyl (C=O) groups is 3. The normalized spacial score (nSPS) is 12.7. The van der Waals surface area contributed by atoms with Crippen molar-refractivity contribution in [2.75, 3.05) is 5.32 Å². The molecule has 0 fully saturated rings. The summed E-state index contributed by atoms with van der Waals surface area (Å²) in [6.07, 6.45) is -16.3. The lowest BCUT2D eigenvalue weighted by Crippen LogP contribution is -2.45. The van der Waals surface area contributed by atoms with Gasteiger partial charge in [-0.05, 0) is 30.3 Å². The summed E-state index contributed by atoms with van der Waals surface area (Å²) >= 11 is 0. The van der Waals surface area contributed by atoms with Gasteiger partial charge in [-0.25, -0.2) is 13.6 Å². The molecule has 14 heteroatoms. The Morgan fingerprint density at radius 3 is 2.16 bits per heavy atom. The zero-order valence-electron chi connectivity index (χ0n) is 15.3. The molecule has 2 rings (SSSR count). The molecule has 0 spiro atoms. The average Bonchev–Trinajstić information content (AvgIpc) is 2.67. The van der Waals surface area contributed by atoms with Gasteiger partial charge in [0.15, 0.2) is 5.75 Å². The Kier molecular flexibility index (Phi) is 6.66. The highest BCUT2D eigenvalue weighted by atomic mass is 19.4. The van der Waals surface area contributed by atoms with Crippen molar-refractivity contribution in [3.05, 3.63) is 58.9 Å². The smallest absolute Gasteiger partial charge is 0.439 e. The number of alkyl halides is 6. The van der Waals surface area contributed by atoms with Crippen molar-refractivity contribution in [3.8, 4) is 5.75 Å². The van der Waals surface area contributed by atoms with Gasteiger partial charge in [0, 0.05) is 6.07 Å². The van der Waals surface area contributed by atoms with Crippen molar-refractivity contribution in [3.63, 3.8) is 0 Å². The van der Waals surface area contributed by atoms with Crippen molar-refractivity contribution < 1.29 is 55.0 Å². The quantitative estimate of drug-likeness (QED) is 0.535. The largest absolute Gasteiger partial charge is 0.478 e. The van der Waals surface area contributed by atoms with Gasteiger partial charge in [-0.15, -0.1) is 0 Å². The van der Waals surface area contributed by atoms with Crippen molar-refractivity contribution in [1.82, 2.24) is 0 Å². The standard InChI is InChI=1S/C18H11F7N2O5/c19-8-2-4-11(12(6-8)32-18(24,25)16(20)17(21,22)23)27-14(29)9-3-1-7(15(30)31)5-10(9)13(26)28/h1-6,16H,(H2,26,28)(H,27,29)(H,30,31). The fourth-order valence-electron chi connectivity index (χ4n) is 2.34. The van der Waals surface area contributed by atoms with Gasteiger partial charge < -0.3 is 20.9 Å². The summed E-state index contributed by atoms with van der Waals surface area (Å²) in [4.78, 5) is 35.0. The summed E-state index contributed by atoms with van der Waals surface area (Å²) < 4.78 is 94.3. The number of halogens is 7. The molecule has 0 saturated heterocycles. The molecular formula is C18H11F7N2O5. The molecule has 2 aromatic carbocycles. The summed E-state index contributed by atoms with van der Waals surface area (Å²) in [6.45, 7) is 0. The molecule has 0 aliphatic carbocycles. The van der Waals surface area contributed by atoms with Gasteiger partial charge >= 0.3 is 18.3 Å². The summed E-state index contributed by atoms with van der Waals surface area (Å²) in [5.74, 6) is -6.63. The van der Waals surface area contributed by atoms with Crippen LogP contribution in [0.15, 0.2) is 36.4 Å². The summed E-state index contributed by atoms with van der Waals surface area (Å²) in [5.41, 5.74) is 2.69. The maximum absolute atomic E-state index is 13.6. The molecule has 0 aliphatic heterocycles. The van der Waals surface area contributed by atoms with Crippen molar-refractivity contribution in [2.45, 2.75) is 18.5 Å². The Hall–Kier alpha value is -3.84. The number of nitrogens with one attached hydrogen (secondary N) is 1. The van der Waals surface area contributed by atoms with Crippen LogP contribution in [0.3, 0.4) is 0 Å². The zero-order chi connectivity index (χ0) is 24.4. The molecule has 0 aromatic heterocycles. The van der Waals surface area contributed by atoms with Crippen LogP contribution in [0.4, 0.5) is 36.4 Å². The molecule has 0 aliphatic rings. The number of primary amides is 1. The van der Waals surface area contributed by atoms with E-state index in [1.54, 1.807) is 0 Å². The molecule has 0 saturated carbocycles. The Balaban J connectivity index is 2.42. The van der Waals surface area contributed by atoms with Gasteiger partial charge in [0.05, 0.1) is 22.4 Å². The minimum absolute atomic E-state index is 0.162. The predicted octanol–water partition coefficient (Wildman–Crippen LogP) is 3.75. The number of anilines is 1. The number of carboxylic acid groups (broad SMARTS) is 1. The first-order valence-electron chi connectivity index (χ1n) is 8.19. The topological polar surface area (TPSA) is 119 Å². The Morgan fingerprint density at radius 2 is 1.62 bits per heavy atom. The van der Waals surface area contributed by atoms with Crippen LogP contribution < -0.4 is 15.8 Å². The maximum Gasteiger partial charge on any atom is 0.439 e. The monoisotopic (exact) mass is 468 g/mol. The van der Waals surface area contributed by atoms with Crippen molar-refractivity contribution in [1.29, 1.82) is 0 Å². The van der Waals surface area contributed by atoms with Crippen LogP contribution in [0, 0.1) is 5.82 Å². The molecule has 2 aromatic rings. The lowest BCUT2D eigenvalue weighted by Gasteiger charge is -2.24. The highest BCUT2D eigenvalue weighted by Gasteiger charge is 2.59. The van der Waals surface area contributed by atoms with E-state index < -0.39 is 70.2 Å². The second-order valence-electron chi connectivity index (χ2n) is 6.09. The third-order valence-corrected chi connectivity index (χ3v) is 3.80. The number of benzene rings is 2. The Morgan fingerprint density at radius 1 is 1.00 bits per heavy atom. The van der Waals surface area contributed by atoms with Crippen molar-refractivity contribution >= 4 is 23.5 Å². The molecule has 7 nitrogen and oxygen atoms in total. The van der Waals surface area contributed by atoms with Crippen LogP contribution in [0.25, 0.3) is 0 Å². The lowest BCUT2D eigenvalue weighted by atomic mass is 10.0. The zero-order valence-corrected chi connectivity index (χ0v) is 15.3. The fraction of sp³-hybridized carbons (Fsp3) is 0.167. The Labute approximate surface area is 173 Å². The summed E-state index contributed by atoms with van der Waals surface area (Å²) in [5, 5.41) is 10.8. The highest BCUT2D eigenvalue weighted by molar-refractivity contribution is 6.13. The third kappa shape index (κ3) is 5.44. The van der Waals surface area contributed by atoms with Gasteiger partial charge in [-0.1, -0.05) is 0 Å². The minimum Gasteiger partial charge on any atom is -0.478 e. The Bertz CT molecular complexity index is 1070. The van der Waals surface area contributed by atoms with Crippen LogP contribution in [-0.2, 0) is 0 Å². The van der Waals surface area contributed by atoms with Crippen molar-refractivity contribution in [2.24, 2.45) is 5.73 Å². The third-order valence-electron chi connectivity index (χ3n) is 3.80. The van der Waals surface area contributed by atoms with E-state index >= 15 is 0 Å². The van der Waals surface area contributed by atoms with E-state index in [0.29, 0.717) is 12.1 Å². The van der Waals surface area contributed by atoms with E-state index in [2.05, 4.69) is 4.74 Å². The first-order chi connectivity index (χ1) is 14.6. The number of ether oxygens (including phenoxy) is 1. The van der Waals surface area contributed by atoms with E-state index in [1.807, 2.05) is 5.32 Å². The van der Waals surface area contributed by atoms with E-state index in [4.69, 9.17) is 10.8 Å². The number of rotatable bonds is 7. The van der Waals surface area contributed by atoms with Crippen LogP contribution in [0.1, 0.15) is 31.1 Å². The molecule has 1 atom stereocenters. The molecule has 32 heavy (non-hydrogen) atoms. The van der Waals surface area contributed by atoms with Gasteiger partial charge in [-0.3, -0.25) is 9.59 Å². The molecule has 4 N–H and O–H groups in total. The van der Waals surface area contributed by atoms with Crippen LogP contribution in [0.5, 0.6) is 5.75 Å². The molecular weight excluding hydrogens is 457 g/mol. The van der Waals surface area contributed by atoms with E-state index in [0.717, 1.165) is 18.2 Å². The molecule has 0 heterocycles. The second kappa shape index (κ2) is 8.72.